The van der Waals surface area contributed by atoms with E-state index >= 15 is 0 Å². The Morgan fingerprint density at radius 3 is 0.958 bits per heavy atom. The second-order valence-electron chi connectivity index (χ2n) is 38.2. The highest BCUT2D eigenvalue weighted by molar-refractivity contribution is 7.00. The summed E-state index contributed by atoms with van der Waals surface area (Å²) in [6, 6.07) is 109. The van der Waals surface area contributed by atoms with Crippen molar-refractivity contribution in [1.29, 1.82) is 0 Å². The zero-order chi connectivity index (χ0) is 81.9. The van der Waals surface area contributed by atoms with Crippen molar-refractivity contribution in [2.45, 2.75) is 137 Å². The highest BCUT2D eigenvalue weighted by Crippen LogP contribution is 2.51. The molecule has 0 spiro atoms. The fraction of sp³-hybridized carbons (Fsp3) is 0.189. The topological polar surface area (TPSA) is 50.6 Å². The smallest absolute Gasteiger partial charge is 0.270 e. The van der Waals surface area contributed by atoms with E-state index < -0.39 is 0 Å². The van der Waals surface area contributed by atoms with Gasteiger partial charge in [0.2, 0.25) is 0 Å². The second kappa shape index (κ2) is 28.0. The number of aromatic nitrogens is 1. The molecule has 24 rings (SSSR count). The van der Waals surface area contributed by atoms with Crippen LogP contribution in [-0.4, -0.2) is 17.8 Å². The molecule has 0 N–H and O–H groups in total. The first-order valence-electron chi connectivity index (χ1n) is 42.2. The molecule has 0 fully saturated rings. The molecule has 2 aromatic heterocycles. The molecule has 0 unspecified atom stereocenters. The van der Waals surface area contributed by atoms with E-state index in [1.807, 2.05) is 48.5 Å². The van der Waals surface area contributed by atoms with Crippen molar-refractivity contribution in [3.05, 3.63) is 342 Å². The molecule has 8 heteroatoms. The highest BCUT2D eigenvalue weighted by atomic mass is 16.5. The predicted octanol–water partition coefficient (Wildman–Crippen LogP) is 26.2. The summed E-state index contributed by atoms with van der Waals surface area (Å²) in [5.41, 5.74) is 34.3. The average molecular weight is 1550 g/mol. The molecule has 0 amide bonds. The largest absolute Gasteiger partial charge is 0.458 e. The van der Waals surface area contributed by atoms with Crippen LogP contribution in [0.3, 0.4) is 0 Å². The minimum atomic E-state index is 0.0121. The summed E-state index contributed by atoms with van der Waals surface area (Å²) in [6.45, 7) is 34.1. The Balaban J connectivity index is 0.0000000960. The van der Waals surface area contributed by atoms with E-state index in [4.69, 9.17) is 23.7 Å². The van der Waals surface area contributed by atoms with E-state index in [9.17, 15) is 0 Å². The summed E-state index contributed by atoms with van der Waals surface area (Å²) in [5, 5.41) is 5.45. The molecular formula is C111H97B2NO5. The molecule has 582 valence electrons. The predicted molar refractivity (Wildman–Crippen MR) is 499 cm³/mol. The normalized spacial score (nSPS) is 13.4. The van der Waals surface area contributed by atoms with Crippen LogP contribution < -0.4 is 56.5 Å². The zero-order valence-electron chi connectivity index (χ0n) is 70.7. The fourth-order valence-electron chi connectivity index (χ4n) is 18.9. The van der Waals surface area contributed by atoms with Gasteiger partial charge in [0.05, 0.1) is 16.6 Å². The molecule has 6 nitrogen and oxygen atoms in total. The third kappa shape index (κ3) is 12.9. The minimum Gasteiger partial charge on any atom is -0.458 e. The minimum absolute atomic E-state index is 0.0121. The van der Waals surface area contributed by atoms with Crippen molar-refractivity contribution in [3.63, 3.8) is 0 Å². The van der Waals surface area contributed by atoms with Crippen molar-refractivity contribution < 1.29 is 23.7 Å². The van der Waals surface area contributed by atoms with Crippen LogP contribution in [0.15, 0.2) is 303 Å². The summed E-state index contributed by atoms with van der Waals surface area (Å²) in [5.74, 6) is 8.99. The maximum absolute atomic E-state index is 6.33. The maximum atomic E-state index is 6.33. The number of rotatable bonds is 0. The van der Waals surface area contributed by atoms with Crippen LogP contribution in [0.25, 0.3) is 93.7 Å². The molecule has 0 atom stereocenters. The van der Waals surface area contributed by atoms with Crippen molar-refractivity contribution in [3.8, 4) is 113 Å². The molecule has 119 heavy (non-hydrogen) atoms. The number of hydrogen-bond donors (Lipinski definition) is 0. The quantitative estimate of drug-likeness (QED) is 0.142. The lowest BCUT2D eigenvalue weighted by molar-refractivity contribution is 0.439. The lowest BCUT2D eigenvalue weighted by atomic mass is 9.34. The number of benzene rings is 15. The van der Waals surface area contributed by atoms with Gasteiger partial charge in [-0.15, -0.1) is 0 Å². The Kier molecular flexibility index (Phi) is 17.6. The van der Waals surface area contributed by atoms with Gasteiger partial charge in [0.25, 0.3) is 13.4 Å². The Labute approximate surface area is 700 Å². The fourth-order valence-corrected chi connectivity index (χ4v) is 18.9. The molecule has 5 aliphatic heterocycles. The standard InChI is InChI=1S/C28H24.C22H17BO3.C22H19BO2.C22H19N.C17H18/c1-28(2,3)19-16-17-26-24-14-7-6-12-22(24)20-10-4-5-11-21(20)23-13-8-9-15-25(23)27(26)18-19;1-22(2,3)12-10-17-21-18(11-12)26-16-9-5-7-14-20(16)23(21)19-13(24-14)6-4-8-15(19)25-17;1-22(2,3)14-12-19-21-20(13-14)25-18-11-7-5-9-16(18)23(21)15-8-4-6-10-17(15)24-19;1-22(2,3)14-12-17-15-8-4-6-10-19(15)23-20-11-7-5-9-16(20)18(13-14)21(17)23;1-17(2,3)14-8-9-16-13(11-14)10-12-6-4-5-7-15(12)16/h4-18H,1-3H3;4-11H,1-3H3;4-13H,1-3H3;4-13H,1-3H3;4-9,11H,10H2,1-3H3. The Hall–Kier alpha value is -12.8. The van der Waals surface area contributed by atoms with Gasteiger partial charge in [-0.25, -0.2) is 0 Å². The van der Waals surface area contributed by atoms with E-state index in [-0.39, 0.29) is 40.5 Å². The Bertz CT molecular complexity index is 6750. The average Bonchev–Trinajstić information content (AvgIpc) is 1.68. The Morgan fingerprint density at radius 2 is 0.521 bits per heavy atom. The van der Waals surface area contributed by atoms with E-state index in [2.05, 4.69) is 363 Å². The summed E-state index contributed by atoms with van der Waals surface area (Å²) >= 11 is 0. The van der Waals surface area contributed by atoms with E-state index in [1.54, 1.807) is 0 Å². The lowest BCUT2D eigenvalue weighted by Crippen LogP contribution is -2.59. The molecule has 17 aromatic rings. The molecule has 0 saturated heterocycles. The SMILES string of the molecule is CC(C)(C)c1cc2c3c(c1)Oc1cccc4c1B3c1c(cccc1O2)O4.CC(C)(C)c1cc2c3c(c1)Oc1ccccc1B3c1ccccc1O2.CC(C)(C)c1cc2c3ccccc3n3c4ccccc4c(c1)c23.CC(C)(C)c1ccc2c(c1)-c1ccccc1-c1ccccc1-c1ccccc1-2.CC(C)(C)c1ccc2c(c1)Cc1ccccc1-2. The van der Waals surface area contributed by atoms with Crippen molar-refractivity contribution in [2.24, 2.45) is 0 Å². The highest BCUT2D eigenvalue weighted by Gasteiger charge is 2.47. The third-order valence-corrected chi connectivity index (χ3v) is 25.3. The maximum Gasteiger partial charge on any atom is 0.270 e. The third-order valence-electron chi connectivity index (χ3n) is 25.3. The number of fused-ring (bicyclic) bond motifs is 21. The van der Waals surface area contributed by atoms with E-state index in [0.29, 0.717) is 0 Å². The first kappa shape index (κ1) is 75.0. The van der Waals surface area contributed by atoms with Gasteiger partial charge >= 0.3 is 0 Å². The van der Waals surface area contributed by atoms with E-state index in [1.165, 1.54) is 144 Å². The monoisotopic (exact) mass is 1550 g/mol. The number of ether oxygens (including phenoxy) is 5. The van der Waals surface area contributed by atoms with Crippen LogP contribution in [0.5, 0.6) is 57.5 Å². The number of hydrogen-bond acceptors (Lipinski definition) is 5. The number of nitrogens with zero attached hydrogens (tertiary/aromatic N) is 1. The van der Waals surface area contributed by atoms with Crippen LogP contribution in [0.2, 0.25) is 0 Å². The molecule has 0 bridgehead atoms. The van der Waals surface area contributed by atoms with Gasteiger partial charge < -0.3 is 28.1 Å². The molecule has 0 radical (unpaired) electrons. The van der Waals surface area contributed by atoms with Crippen LogP contribution in [0, 0.1) is 0 Å². The molecule has 15 aromatic carbocycles. The second-order valence-corrected chi connectivity index (χ2v) is 38.2. The van der Waals surface area contributed by atoms with Crippen LogP contribution in [0.1, 0.15) is 143 Å². The summed E-state index contributed by atoms with van der Waals surface area (Å²) in [6.07, 6.45) is 1.09. The Morgan fingerprint density at radius 1 is 0.218 bits per heavy atom. The van der Waals surface area contributed by atoms with Crippen LogP contribution >= 0.6 is 0 Å². The summed E-state index contributed by atoms with van der Waals surface area (Å²) in [7, 11) is 0. The van der Waals surface area contributed by atoms with Gasteiger partial charge in [-0.3, -0.25) is 0 Å². The summed E-state index contributed by atoms with van der Waals surface area (Å²) in [4.78, 5) is 0. The molecule has 2 aliphatic carbocycles. The van der Waals surface area contributed by atoms with Gasteiger partial charge in [-0.1, -0.05) is 316 Å². The number of para-hydroxylation sites is 4. The first-order chi connectivity index (χ1) is 57.2. The summed E-state index contributed by atoms with van der Waals surface area (Å²) < 4.78 is 33.8. The molecule has 7 heterocycles. The first-order valence-corrected chi connectivity index (χ1v) is 42.2. The van der Waals surface area contributed by atoms with Crippen molar-refractivity contribution in [1.82, 2.24) is 4.40 Å². The molecule has 7 aliphatic rings. The van der Waals surface area contributed by atoms with Gasteiger partial charge in [-0.05, 0) is 230 Å². The van der Waals surface area contributed by atoms with Crippen LogP contribution in [0.4, 0.5) is 0 Å². The van der Waals surface area contributed by atoms with Crippen molar-refractivity contribution in [2.75, 3.05) is 0 Å². The zero-order valence-corrected chi connectivity index (χ0v) is 70.7. The van der Waals surface area contributed by atoms with Crippen LogP contribution in [-0.2, 0) is 33.5 Å². The van der Waals surface area contributed by atoms with E-state index in [0.717, 1.165) is 85.8 Å². The van der Waals surface area contributed by atoms with Gasteiger partial charge in [-0.2, -0.15) is 0 Å². The van der Waals surface area contributed by atoms with Crippen molar-refractivity contribution >= 4 is 84.3 Å². The van der Waals surface area contributed by atoms with Gasteiger partial charge in [0, 0.05) is 43.4 Å². The van der Waals surface area contributed by atoms with Gasteiger partial charge in [0.15, 0.2) is 0 Å². The lowest BCUT2D eigenvalue weighted by Gasteiger charge is -2.38. The molecule has 0 saturated carbocycles. The van der Waals surface area contributed by atoms with Gasteiger partial charge in [0.1, 0.15) is 57.5 Å². The molecular weight excluding hydrogens is 1450 g/mol.